The number of esters is 1. The van der Waals surface area contributed by atoms with Gasteiger partial charge in [-0.3, -0.25) is 9.59 Å². The third-order valence-corrected chi connectivity index (χ3v) is 9.16. The zero-order chi connectivity index (χ0) is 20.5. The predicted octanol–water partition coefficient (Wildman–Crippen LogP) is 2.12. The van der Waals surface area contributed by atoms with Crippen LogP contribution in [0.2, 0.25) is 18.1 Å². The minimum atomic E-state index is -2.07. The van der Waals surface area contributed by atoms with Crippen molar-refractivity contribution in [1.29, 1.82) is 0 Å². The first-order chi connectivity index (χ1) is 11.9. The van der Waals surface area contributed by atoms with E-state index in [2.05, 4.69) is 33.9 Å². The van der Waals surface area contributed by atoms with Crippen LogP contribution in [0.25, 0.3) is 0 Å². The van der Waals surface area contributed by atoms with Gasteiger partial charge in [0, 0.05) is 28.3 Å². The molecular formula is C17H34O8Si. The van der Waals surface area contributed by atoms with Gasteiger partial charge in [0.05, 0.1) is 6.61 Å². The van der Waals surface area contributed by atoms with Crippen LogP contribution in [0.1, 0.15) is 27.7 Å². The number of ether oxygens (including phenoxy) is 5. The topological polar surface area (TPSA) is 89.5 Å². The first-order valence-electron chi connectivity index (χ1n) is 8.43. The van der Waals surface area contributed by atoms with E-state index in [0.717, 1.165) is 0 Å². The van der Waals surface area contributed by atoms with E-state index in [1.54, 1.807) is 0 Å². The molecule has 0 N–H and O–H groups in total. The summed E-state index contributed by atoms with van der Waals surface area (Å²) in [4.78, 5) is 22.3. The maximum absolute atomic E-state index is 11.3. The first-order valence-corrected chi connectivity index (χ1v) is 11.3. The summed E-state index contributed by atoms with van der Waals surface area (Å²) < 4.78 is 32.6. The summed E-state index contributed by atoms with van der Waals surface area (Å²) in [5.74, 6) is -0.529. The van der Waals surface area contributed by atoms with Crippen LogP contribution in [0.15, 0.2) is 0 Å². The minimum absolute atomic E-state index is 0.00520. The van der Waals surface area contributed by atoms with E-state index < -0.39 is 38.9 Å². The van der Waals surface area contributed by atoms with Gasteiger partial charge in [0.2, 0.25) is 6.29 Å². The summed E-state index contributed by atoms with van der Waals surface area (Å²) >= 11 is 0. The average molecular weight is 395 g/mol. The maximum Gasteiger partial charge on any atom is 0.305 e. The molecule has 0 aliphatic heterocycles. The van der Waals surface area contributed by atoms with E-state index in [0.29, 0.717) is 6.47 Å². The van der Waals surface area contributed by atoms with Crippen molar-refractivity contribution in [2.24, 2.45) is 0 Å². The van der Waals surface area contributed by atoms with E-state index >= 15 is 0 Å². The van der Waals surface area contributed by atoms with Gasteiger partial charge in [-0.2, -0.15) is 0 Å². The van der Waals surface area contributed by atoms with Crippen molar-refractivity contribution in [2.45, 2.75) is 70.4 Å². The van der Waals surface area contributed by atoms with Crippen molar-refractivity contribution in [3.8, 4) is 0 Å². The Labute approximate surface area is 157 Å². The van der Waals surface area contributed by atoms with Gasteiger partial charge in [-0.25, -0.2) is 0 Å². The van der Waals surface area contributed by atoms with E-state index in [1.165, 1.54) is 28.3 Å². The largest absolute Gasteiger partial charge is 0.459 e. The summed E-state index contributed by atoms with van der Waals surface area (Å²) in [7, 11) is 2.19. The molecule has 0 aliphatic rings. The summed E-state index contributed by atoms with van der Waals surface area (Å²) in [6, 6.07) is 0. The van der Waals surface area contributed by atoms with Crippen molar-refractivity contribution in [2.75, 3.05) is 27.9 Å². The molecule has 0 aromatic heterocycles. The Morgan fingerprint density at radius 3 is 1.92 bits per heavy atom. The van der Waals surface area contributed by atoms with Crippen LogP contribution in [0, 0.1) is 0 Å². The molecular weight excluding hydrogens is 360 g/mol. The van der Waals surface area contributed by atoms with Crippen LogP contribution in [-0.2, 0) is 37.7 Å². The van der Waals surface area contributed by atoms with Gasteiger partial charge in [0.1, 0.15) is 12.2 Å². The summed E-state index contributed by atoms with van der Waals surface area (Å²) in [6.45, 7) is 12.3. The molecule has 0 bridgehead atoms. The monoisotopic (exact) mass is 394 g/mol. The quantitative estimate of drug-likeness (QED) is 0.215. The second-order valence-electron chi connectivity index (χ2n) is 7.46. The number of carbonyl (C=O) groups excluding carboxylic acids is 2. The fraction of sp³-hybridized carbons (Fsp3) is 0.882. The normalized spacial score (nSPS) is 17.1. The van der Waals surface area contributed by atoms with E-state index in [-0.39, 0.29) is 11.6 Å². The lowest BCUT2D eigenvalue weighted by Crippen LogP contribution is -2.52. The van der Waals surface area contributed by atoms with Gasteiger partial charge in [-0.05, 0) is 18.1 Å². The predicted molar refractivity (Wildman–Crippen MR) is 98.2 cm³/mol. The summed E-state index contributed by atoms with van der Waals surface area (Å²) in [5.41, 5.74) is 0. The van der Waals surface area contributed by atoms with E-state index in [4.69, 9.17) is 28.1 Å². The molecule has 0 heterocycles. The molecule has 0 aliphatic carbocycles. The molecule has 0 spiro atoms. The molecule has 0 radical (unpaired) electrons. The summed E-state index contributed by atoms with van der Waals surface area (Å²) in [5, 5.41) is -0.00520. The molecule has 0 saturated carbocycles. The van der Waals surface area contributed by atoms with Gasteiger partial charge in [0.25, 0.3) is 6.47 Å². The Kier molecular flexibility index (Phi) is 10.6. The Morgan fingerprint density at radius 1 is 1.04 bits per heavy atom. The van der Waals surface area contributed by atoms with Crippen molar-refractivity contribution < 1.29 is 37.7 Å². The molecule has 8 nitrogen and oxygen atoms in total. The van der Waals surface area contributed by atoms with Gasteiger partial charge >= 0.3 is 5.97 Å². The van der Waals surface area contributed by atoms with Gasteiger partial charge in [-0.15, -0.1) is 0 Å². The summed E-state index contributed by atoms with van der Waals surface area (Å²) in [6.07, 6.45) is -3.36. The van der Waals surface area contributed by atoms with Crippen molar-refractivity contribution in [1.82, 2.24) is 0 Å². The second kappa shape index (κ2) is 11.0. The lowest BCUT2D eigenvalue weighted by molar-refractivity contribution is -0.228. The van der Waals surface area contributed by atoms with Crippen LogP contribution >= 0.6 is 0 Å². The molecule has 0 saturated heterocycles. The highest BCUT2D eigenvalue weighted by molar-refractivity contribution is 6.74. The first kappa shape index (κ1) is 25.0. The van der Waals surface area contributed by atoms with Gasteiger partial charge in [0.15, 0.2) is 14.4 Å². The molecule has 1 unspecified atom stereocenters. The molecule has 154 valence electrons. The van der Waals surface area contributed by atoms with Crippen molar-refractivity contribution >= 4 is 20.8 Å². The number of hydrogen-bond donors (Lipinski definition) is 0. The molecule has 0 rings (SSSR count). The molecule has 0 aromatic carbocycles. The average Bonchev–Trinajstić information content (AvgIpc) is 2.53. The molecule has 9 heteroatoms. The van der Waals surface area contributed by atoms with Crippen LogP contribution < -0.4 is 0 Å². The Balaban J connectivity index is 5.41. The second-order valence-corrected chi connectivity index (χ2v) is 12.3. The van der Waals surface area contributed by atoms with E-state index in [1.807, 2.05) is 0 Å². The van der Waals surface area contributed by atoms with Gasteiger partial charge < -0.3 is 28.1 Å². The van der Waals surface area contributed by atoms with Crippen molar-refractivity contribution in [3.05, 3.63) is 0 Å². The molecule has 0 amide bonds. The van der Waals surface area contributed by atoms with Crippen LogP contribution in [0.4, 0.5) is 0 Å². The number of carbonyl (C=O) groups is 2. The smallest absolute Gasteiger partial charge is 0.305 e. The fourth-order valence-corrected chi connectivity index (χ4v) is 3.11. The van der Waals surface area contributed by atoms with Gasteiger partial charge in [-0.1, -0.05) is 20.8 Å². The molecule has 0 fully saturated rings. The highest BCUT2D eigenvalue weighted by Crippen LogP contribution is 2.36. The maximum atomic E-state index is 11.3. The molecule has 26 heavy (non-hydrogen) atoms. The lowest BCUT2D eigenvalue weighted by Gasteiger charge is -2.39. The molecule has 0 aromatic rings. The SMILES string of the molecule is COC(OC(C)=O)[C@@H](OC)[C@H](OC)[C@@H](CO[Si](C)(C)C(C)(C)C)OC=O. The third kappa shape index (κ3) is 7.32. The number of hydrogen-bond acceptors (Lipinski definition) is 8. The van der Waals surface area contributed by atoms with Crippen LogP contribution in [-0.4, -0.2) is 73.3 Å². The number of methoxy groups -OCH3 is 3. The van der Waals surface area contributed by atoms with Crippen molar-refractivity contribution in [3.63, 3.8) is 0 Å². The van der Waals surface area contributed by atoms with Crippen LogP contribution in [0.5, 0.6) is 0 Å². The fourth-order valence-electron chi connectivity index (χ4n) is 2.10. The third-order valence-electron chi connectivity index (χ3n) is 4.66. The lowest BCUT2D eigenvalue weighted by atomic mass is 10.1. The zero-order valence-electron chi connectivity index (χ0n) is 17.4. The molecule has 4 atom stereocenters. The van der Waals surface area contributed by atoms with Crippen LogP contribution in [0.3, 0.4) is 0 Å². The zero-order valence-corrected chi connectivity index (χ0v) is 18.4. The Hall–Kier alpha value is -1.00. The Bertz CT molecular complexity index is 435. The Morgan fingerprint density at radius 2 is 1.58 bits per heavy atom. The van der Waals surface area contributed by atoms with E-state index in [9.17, 15) is 9.59 Å². The standard InChI is InChI=1S/C17H34O8Si/c1-12(19)25-16(22-7)15(21-6)14(20-5)13(23-11-18)10-24-26(8,9)17(2,3)4/h11,13-16H,10H2,1-9H3/t13-,14-,15+,16?/m1/s1. The highest BCUT2D eigenvalue weighted by atomic mass is 28.4. The number of rotatable bonds is 12. The highest BCUT2D eigenvalue weighted by Gasteiger charge is 2.42. The minimum Gasteiger partial charge on any atom is -0.459 e.